The number of rotatable bonds is 5. The normalized spacial score (nSPS) is 28.9. The monoisotopic (exact) mass is 396 g/mol. The molecular formula is C22H24N2O3S. The van der Waals surface area contributed by atoms with E-state index in [4.69, 9.17) is 4.42 Å². The van der Waals surface area contributed by atoms with Gasteiger partial charge in [-0.15, -0.1) is 11.8 Å². The molecule has 2 bridgehead atoms. The van der Waals surface area contributed by atoms with E-state index in [-0.39, 0.29) is 17.2 Å². The van der Waals surface area contributed by atoms with E-state index in [2.05, 4.69) is 5.32 Å². The van der Waals surface area contributed by atoms with E-state index in [1.54, 1.807) is 18.0 Å². The van der Waals surface area contributed by atoms with Crippen molar-refractivity contribution in [3.05, 3.63) is 59.5 Å². The van der Waals surface area contributed by atoms with Crippen molar-refractivity contribution in [1.82, 2.24) is 10.2 Å². The second kappa shape index (κ2) is 7.32. The molecule has 2 aromatic rings. The number of carbonyl (C=O) groups is 2. The third-order valence-corrected chi connectivity index (χ3v) is 7.64. The highest BCUT2D eigenvalue weighted by molar-refractivity contribution is 8.00. The van der Waals surface area contributed by atoms with Gasteiger partial charge in [0.1, 0.15) is 11.1 Å². The molecule has 146 valence electrons. The molecule has 1 N–H and O–H groups in total. The first-order valence-electron chi connectivity index (χ1n) is 10.0. The summed E-state index contributed by atoms with van der Waals surface area (Å²) in [5.74, 6) is 2.87. The van der Waals surface area contributed by atoms with E-state index in [1.165, 1.54) is 19.3 Å². The molecule has 1 aromatic carbocycles. The number of carbonyl (C=O) groups excluding carboxylic acids is 2. The predicted octanol–water partition coefficient (Wildman–Crippen LogP) is 3.97. The lowest BCUT2D eigenvalue weighted by Gasteiger charge is -2.24. The largest absolute Gasteiger partial charge is 0.467 e. The quantitative estimate of drug-likeness (QED) is 0.831. The summed E-state index contributed by atoms with van der Waals surface area (Å²) in [5.41, 5.74) is 1.73. The molecule has 2 aliphatic carbocycles. The third kappa shape index (κ3) is 3.34. The maximum Gasteiger partial charge on any atom is 0.251 e. The number of benzene rings is 1. The van der Waals surface area contributed by atoms with Crippen molar-refractivity contribution in [3.8, 4) is 0 Å². The molecule has 2 saturated carbocycles. The molecule has 1 saturated heterocycles. The van der Waals surface area contributed by atoms with Crippen molar-refractivity contribution in [2.75, 3.05) is 5.75 Å². The highest BCUT2D eigenvalue weighted by Gasteiger charge is 2.40. The number of fused-ring (bicyclic) bond motifs is 2. The second-order valence-corrected chi connectivity index (χ2v) is 9.21. The highest BCUT2D eigenvalue weighted by atomic mass is 32.2. The number of amides is 2. The van der Waals surface area contributed by atoms with Crippen molar-refractivity contribution in [2.45, 2.75) is 43.6 Å². The molecule has 1 aliphatic heterocycles. The van der Waals surface area contributed by atoms with Gasteiger partial charge in [-0.2, -0.15) is 0 Å². The van der Waals surface area contributed by atoms with Crippen LogP contribution in [0.5, 0.6) is 0 Å². The van der Waals surface area contributed by atoms with Crippen LogP contribution in [0, 0.1) is 11.8 Å². The van der Waals surface area contributed by atoms with Gasteiger partial charge in [0.25, 0.3) is 5.91 Å². The van der Waals surface area contributed by atoms with E-state index < -0.39 is 0 Å². The van der Waals surface area contributed by atoms with Crippen LogP contribution in [0.1, 0.15) is 52.7 Å². The van der Waals surface area contributed by atoms with E-state index in [0.717, 1.165) is 23.7 Å². The Hall–Kier alpha value is -2.21. The van der Waals surface area contributed by atoms with Gasteiger partial charge in [0.2, 0.25) is 5.91 Å². The van der Waals surface area contributed by atoms with Crippen molar-refractivity contribution in [3.63, 3.8) is 0 Å². The summed E-state index contributed by atoms with van der Waals surface area (Å²) >= 11 is 1.62. The van der Waals surface area contributed by atoms with Gasteiger partial charge in [-0.3, -0.25) is 9.59 Å². The number of nitrogens with zero attached hydrogens (tertiary/aromatic N) is 1. The summed E-state index contributed by atoms with van der Waals surface area (Å²) in [7, 11) is 0. The molecule has 4 atom stereocenters. The Bertz CT molecular complexity index is 864. The summed E-state index contributed by atoms with van der Waals surface area (Å²) < 4.78 is 5.41. The first-order chi connectivity index (χ1) is 13.7. The van der Waals surface area contributed by atoms with Gasteiger partial charge < -0.3 is 14.6 Å². The van der Waals surface area contributed by atoms with Crippen LogP contribution in [-0.4, -0.2) is 28.5 Å². The summed E-state index contributed by atoms with van der Waals surface area (Å²) in [6.07, 6.45) is 6.63. The van der Waals surface area contributed by atoms with Crippen LogP contribution in [0.4, 0.5) is 0 Å². The van der Waals surface area contributed by atoms with Crippen LogP contribution < -0.4 is 5.32 Å². The fourth-order valence-electron chi connectivity index (χ4n) is 4.94. The zero-order valence-corrected chi connectivity index (χ0v) is 16.5. The Labute approximate surface area is 168 Å². The predicted molar refractivity (Wildman–Crippen MR) is 108 cm³/mol. The zero-order valence-electron chi connectivity index (χ0n) is 15.7. The number of thioether (sulfide) groups is 1. The van der Waals surface area contributed by atoms with Gasteiger partial charge in [0.15, 0.2) is 0 Å². The van der Waals surface area contributed by atoms with E-state index in [1.807, 2.05) is 41.3 Å². The van der Waals surface area contributed by atoms with Gasteiger partial charge in [0, 0.05) is 11.6 Å². The molecule has 0 spiro atoms. The Morgan fingerprint density at radius 2 is 2.04 bits per heavy atom. The fourth-order valence-corrected chi connectivity index (χ4v) is 6.13. The molecule has 0 unspecified atom stereocenters. The third-order valence-electron chi connectivity index (χ3n) is 6.39. The molecule has 28 heavy (non-hydrogen) atoms. The smallest absolute Gasteiger partial charge is 0.251 e. The SMILES string of the molecule is O=C(N[C@@H]1C[C@@H]2CC[C@@H]1C2)c1ccc([C@H]2SCC(=O)N2Cc2ccco2)cc1. The van der Waals surface area contributed by atoms with Crippen LogP contribution in [0.15, 0.2) is 47.1 Å². The molecule has 3 aliphatic rings. The first kappa shape index (κ1) is 17.9. The van der Waals surface area contributed by atoms with Crippen LogP contribution in [0.2, 0.25) is 0 Å². The molecule has 5 rings (SSSR count). The van der Waals surface area contributed by atoms with Gasteiger partial charge >= 0.3 is 0 Å². The molecule has 2 amide bonds. The molecular weight excluding hydrogens is 372 g/mol. The lowest BCUT2D eigenvalue weighted by Crippen LogP contribution is -2.38. The van der Waals surface area contributed by atoms with Gasteiger partial charge in [0.05, 0.1) is 18.6 Å². The van der Waals surface area contributed by atoms with Crippen molar-refractivity contribution < 1.29 is 14.0 Å². The fraction of sp³-hybridized carbons (Fsp3) is 0.455. The standard InChI is InChI=1S/C22H24N2O3S/c25-20-13-28-22(24(20)12-18-2-1-9-27-18)16-7-5-15(6-8-16)21(26)23-19-11-14-3-4-17(19)10-14/h1-2,5-9,14,17,19,22H,3-4,10-13H2,(H,23,26)/t14-,17-,19-,22-/m1/s1. The van der Waals surface area contributed by atoms with Crippen molar-refractivity contribution >= 4 is 23.6 Å². The van der Waals surface area contributed by atoms with Gasteiger partial charge in [-0.25, -0.2) is 0 Å². The van der Waals surface area contributed by atoms with Crippen LogP contribution in [0.3, 0.4) is 0 Å². The summed E-state index contributed by atoms with van der Waals surface area (Å²) in [6, 6.07) is 11.8. The molecule has 2 heterocycles. The lowest BCUT2D eigenvalue weighted by atomic mass is 9.95. The molecule has 3 fully saturated rings. The minimum atomic E-state index is -0.0414. The average molecular weight is 397 g/mol. The average Bonchev–Trinajstić information content (AvgIpc) is 3.49. The molecule has 1 aromatic heterocycles. The lowest BCUT2D eigenvalue weighted by molar-refractivity contribution is -0.128. The Morgan fingerprint density at radius 3 is 2.71 bits per heavy atom. The molecule has 5 nitrogen and oxygen atoms in total. The number of furan rings is 1. The topological polar surface area (TPSA) is 62.6 Å². The second-order valence-electron chi connectivity index (χ2n) is 8.14. The van der Waals surface area contributed by atoms with E-state index in [9.17, 15) is 9.59 Å². The zero-order chi connectivity index (χ0) is 19.1. The Morgan fingerprint density at radius 1 is 1.18 bits per heavy atom. The Kier molecular flexibility index (Phi) is 4.67. The van der Waals surface area contributed by atoms with Crippen molar-refractivity contribution in [1.29, 1.82) is 0 Å². The number of hydrogen-bond donors (Lipinski definition) is 1. The minimum Gasteiger partial charge on any atom is -0.467 e. The first-order valence-corrected chi connectivity index (χ1v) is 11.1. The summed E-state index contributed by atoms with van der Waals surface area (Å²) in [4.78, 5) is 26.8. The van der Waals surface area contributed by atoms with E-state index >= 15 is 0 Å². The summed E-state index contributed by atoms with van der Waals surface area (Å²) in [5, 5.41) is 3.20. The van der Waals surface area contributed by atoms with Crippen molar-refractivity contribution in [2.24, 2.45) is 11.8 Å². The summed E-state index contributed by atoms with van der Waals surface area (Å²) in [6.45, 7) is 0.468. The Balaban J connectivity index is 1.26. The number of nitrogens with one attached hydrogen (secondary N) is 1. The van der Waals surface area contributed by atoms with Crippen LogP contribution in [-0.2, 0) is 11.3 Å². The maximum absolute atomic E-state index is 12.6. The molecule has 6 heteroatoms. The maximum atomic E-state index is 12.6. The molecule has 0 radical (unpaired) electrons. The van der Waals surface area contributed by atoms with Gasteiger partial charge in [-0.05, 0) is 60.9 Å². The van der Waals surface area contributed by atoms with Crippen LogP contribution in [0.25, 0.3) is 0 Å². The minimum absolute atomic E-state index is 0.0201. The van der Waals surface area contributed by atoms with E-state index in [0.29, 0.717) is 29.8 Å². The van der Waals surface area contributed by atoms with Gasteiger partial charge in [-0.1, -0.05) is 18.6 Å². The number of hydrogen-bond acceptors (Lipinski definition) is 4. The highest BCUT2D eigenvalue weighted by Crippen LogP contribution is 2.44. The van der Waals surface area contributed by atoms with Crippen LogP contribution >= 0.6 is 11.8 Å².